The van der Waals surface area contributed by atoms with Crippen molar-refractivity contribution in [3.8, 4) is 0 Å². The fourth-order valence-electron chi connectivity index (χ4n) is 0.275. The van der Waals surface area contributed by atoms with Crippen molar-refractivity contribution in [2.24, 2.45) is 0 Å². The molecule has 1 aromatic heterocycles. The maximum atomic E-state index is 5.63. The lowest BCUT2D eigenvalue weighted by atomic mass is 11.0. The zero-order valence-corrected chi connectivity index (χ0v) is 7.26. The van der Waals surface area contributed by atoms with Gasteiger partial charge in [0.2, 0.25) is 5.15 Å². The Labute approximate surface area is 64.3 Å². The highest BCUT2D eigenvalue weighted by atomic mass is 35.5. The summed E-state index contributed by atoms with van der Waals surface area (Å²) in [6.07, 6.45) is 1.99. The van der Waals surface area contributed by atoms with Gasteiger partial charge in [0, 0.05) is 0 Å². The molecule has 0 aliphatic heterocycles. The van der Waals surface area contributed by atoms with E-state index in [9.17, 15) is 0 Å². The van der Waals surface area contributed by atoms with Gasteiger partial charge in [0.15, 0.2) is 0 Å². The van der Waals surface area contributed by atoms with E-state index in [0.29, 0.717) is 5.15 Å². The number of thioether (sulfide) groups is 1. The lowest BCUT2D eigenvalue weighted by molar-refractivity contribution is 1.49. The third-order valence-corrected chi connectivity index (χ3v) is 4.44. The topological polar surface area (TPSA) is 12.9 Å². The second kappa shape index (κ2) is 2.96. The van der Waals surface area contributed by atoms with E-state index in [4.69, 9.17) is 11.6 Å². The van der Waals surface area contributed by atoms with Gasteiger partial charge in [-0.3, -0.25) is 0 Å². The van der Waals surface area contributed by atoms with Crippen molar-refractivity contribution < 1.29 is 0 Å². The predicted molar refractivity (Wildman–Crippen MR) is 41.2 cm³/mol. The number of rotatable bonds is 1. The second-order valence-electron chi connectivity index (χ2n) is 1.03. The van der Waals surface area contributed by atoms with E-state index >= 15 is 0 Å². The van der Waals surface area contributed by atoms with Crippen LogP contribution in [0.25, 0.3) is 0 Å². The third-order valence-electron chi connectivity index (χ3n) is 0.584. The summed E-state index contributed by atoms with van der Waals surface area (Å²) in [5.41, 5.74) is 0. The van der Waals surface area contributed by atoms with Crippen LogP contribution in [0.15, 0.2) is 4.21 Å². The first kappa shape index (κ1) is 6.74. The molecule has 0 unspecified atom stereocenters. The number of hydrogen-bond acceptors (Lipinski definition) is 3. The summed E-state index contributed by atoms with van der Waals surface area (Å²) >= 11 is 7.27. The van der Waals surface area contributed by atoms with Crippen molar-refractivity contribution in [2.45, 2.75) is 4.21 Å². The average molecular weight is 185 g/mol. The summed E-state index contributed by atoms with van der Waals surface area (Å²) in [6.45, 7) is 0. The quantitative estimate of drug-likeness (QED) is 0.378. The van der Waals surface area contributed by atoms with Crippen LogP contribution in [0.5, 0.6) is 0 Å². The molecule has 1 rings (SSSR count). The van der Waals surface area contributed by atoms with Gasteiger partial charge in [-0.05, 0) is 6.26 Å². The molecule has 0 fully saturated rings. The van der Waals surface area contributed by atoms with Gasteiger partial charge in [-0.1, -0.05) is 23.4 Å². The Morgan fingerprint density at radius 2 is 2.62 bits per heavy atom. The van der Waals surface area contributed by atoms with Crippen LogP contribution >= 0.6 is 44.2 Å². The molecule has 1 aromatic rings. The van der Waals surface area contributed by atoms with Crippen molar-refractivity contribution in [1.29, 1.82) is 0 Å². The first-order chi connectivity index (χ1) is 3.84. The Bertz CT molecular complexity index is 175. The van der Waals surface area contributed by atoms with Gasteiger partial charge in [-0.25, -0.2) is 0 Å². The lowest BCUT2D eigenvalue weighted by Gasteiger charge is -1.70. The van der Waals surface area contributed by atoms with Crippen molar-refractivity contribution in [3.63, 3.8) is 0 Å². The molecule has 1 nitrogen and oxygen atoms in total. The van der Waals surface area contributed by atoms with E-state index in [1.807, 2.05) is 6.26 Å². The second-order valence-corrected chi connectivity index (χ2v) is 4.32. The van der Waals surface area contributed by atoms with Crippen molar-refractivity contribution in [1.82, 2.24) is 4.37 Å². The molecule has 8 heavy (non-hydrogen) atoms. The van der Waals surface area contributed by atoms with Gasteiger partial charge in [0.05, 0.1) is 0 Å². The van der Waals surface area contributed by atoms with Crippen molar-refractivity contribution in [2.75, 3.05) is 6.26 Å². The summed E-state index contributed by atoms with van der Waals surface area (Å²) < 4.78 is 5.00. The number of halogens is 1. The van der Waals surface area contributed by atoms with E-state index in [2.05, 4.69) is 4.37 Å². The van der Waals surface area contributed by atoms with E-state index < -0.39 is 0 Å². The molecule has 0 spiro atoms. The average Bonchev–Trinajstić information content (AvgIpc) is 2.14. The van der Waals surface area contributed by atoms with Gasteiger partial charge in [-0.15, -0.1) is 4.37 Å². The van der Waals surface area contributed by atoms with Crippen LogP contribution in [0.2, 0.25) is 5.15 Å². The minimum atomic E-state index is 0.646. The number of hydrogen-bond donors (Lipinski definition) is 0. The van der Waals surface area contributed by atoms with Crippen LogP contribution in [-0.4, -0.2) is 10.6 Å². The van der Waals surface area contributed by atoms with E-state index in [1.54, 1.807) is 22.1 Å². The molecule has 5 heteroatoms. The maximum Gasteiger partial charge on any atom is 0.332 e. The van der Waals surface area contributed by atoms with Gasteiger partial charge in [-0.2, -0.15) is 0 Å². The largest absolute Gasteiger partial charge is 0.332 e. The van der Waals surface area contributed by atoms with E-state index in [0.717, 1.165) is 4.21 Å². The molecule has 0 aliphatic carbocycles. The molecule has 0 saturated carbocycles. The molecule has 44 valence electrons. The van der Waals surface area contributed by atoms with Gasteiger partial charge >= 0.3 is 14.5 Å². The summed E-state index contributed by atoms with van der Waals surface area (Å²) in [5, 5.41) is 0.646. The molecular weight excluding hydrogens is 182 g/mol. The smallest absolute Gasteiger partial charge is 0.121 e. The van der Waals surface area contributed by atoms with Gasteiger partial charge in [0.1, 0.15) is 0 Å². The molecule has 0 aromatic carbocycles. The molecule has 0 atom stereocenters. The SMILES string of the molecule is CSc1[s+]snc1Cl. The zero-order chi connectivity index (χ0) is 5.98. The van der Waals surface area contributed by atoms with Gasteiger partial charge < -0.3 is 0 Å². The van der Waals surface area contributed by atoms with Crippen LogP contribution in [0.3, 0.4) is 0 Å². The molecule has 0 amide bonds. The highest BCUT2D eigenvalue weighted by Gasteiger charge is 2.14. The minimum Gasteiger partial charge on any atom is -0.121 e. The van der Waals surface area contributed by atoms with Gasteiger partial charge in [0.25, 0.3) is 10.5 Å². The fourth-order valence-corrected chi connectivity index (χ4v) is 3.63. The third kappa shape index (κ3) is 1.31. The van der Waals surface area contributed by atoms with Crippen LogP contribution < -0.4 is 0 Å². The van der Waals surface area contributed by atoms with Crippen LogP contribution in [0.4, 0.5) is 0 Å². The van der Waals surface area contributed by atoms with E-state index in [-0.39, 0.29) is 0 Å². The van der Waals surface area contributed by atoms with Crippen molar-refractivity contribution in [3.05, 3.63) is 5.15 Å². The summed E-state index contributed by atoms with van der Waals surface area (Å²) in [7, 11) is 3.04. The molecule has 1 heterocycles. The Kier molecular flexibility index (Phi) is 2.49. The zero-order valence-electron chi connectivity index (χ0n) is 4.05. The minimum absolute atomic E-state index is 0.646. The monoisotopic (exact) mass is 184 g/mol. The molecule has 0 aliphatic rings. The number of aromatic nitrogens is 1. The first-order valence-electron chi connectivity index (χ1n) is 1.83. The highest BCUT2D eigenvalue weighted by Crippen LogP contribution is 2.30. The Hall–Kier alpha value is 0.620. The Morgan fingerprint density at radius 1 is 1.88 bits per heavy atom. The maximum absolute atomic E-state index is 5.63. The van der Waals surface area contributed by atoms with Crippen molar-refractivity contribution >= 4 is 44.2 Å². The normalized spacial score (nSPS) is 9.75. The molecule has 0 saturated heterocycles. The summed E-state index contributed by atoms with van der Waals surface area (Å²) in [4.78, 5) is 0. The number of nitrogens with zero attached hydrogens (tertiary/aromatic N) is 1. The highest BCUT2D eigenvalue weighted by molar-refractivity contribution is 8.02. The summed E-state index contributed by atoms with van der Waals surface area (Å²) in [5.74, 6) is 0. The molecule has 0 radical (unpaired) electrons. The molecule has 0 bridgehead atoms. The Morgan fingerprint density at radius 3 is 2.88 bits per heavy atom. The lowest BCUT2D eigenvalue weighted by Crippen LogP contribution is -1.58. The fraction of sp³-hybridized carbons (Fsp3) is 0.333. The standard InChI is InChI=1S/C3H3ClNS3/c1-6-3-2(4)5-8-7-3/h1H3/q+1. The van der Waals surface area contributed by atoms with Crippen LogP contribution in [0, 0.1) is 0 Å². The van der Waals surface area contributed by atoms with E-state index in [1.165, 1.54) is 10.5 Å². The predicted octanol–water partition coefficient (Wildman–Crippen LogP) is 2.86. The Balaban J connectivity index is 2.92. The molecular formula is C3H3ClNS3+. The molecule has 0 N–H and O–H groups in total. The van der Waals surface area contributed by atoms with Crippen LogP contribution in [0.1, 0.15) is 0 Å². The first-order valence-corrected chi connectivity index (χ1v) is 5.54. The van der Waals surface area contributed by atoms with Crippen LogP contribution in [-0.2, 0) is 0 Å². The summed E-state index contributed by atoms with van der Waals surface area (Å²) in [6, 6.07) is 0.